The summed E-state index contributed by atoms with van der Waals surface area (Å²) in [5, 5.41) is 3.38. The number of nitrogens with one attached hydrogen (secondary N) is 1. The summed E-state index contributed by atoms with van der Waals surface area (Å²) in [6.45, 7) is 3.15. The first-order valence-corrected chi connectivity index (χ1v) is 15.7. The zero-order valence-corrected chi connectivity index (χ0v) is 24.7. The maximum atomic E-state index is 13.0. The molecule has 3 aromatic carbocycles. The highest BCUT2D eigenvalue weighted by Crippen LogP contribution is 2.40. The predicted molar refractivity (Wildman–Crippen MR) is 163 cm³/mol. The Hall–Kier alpha value is -2.84. The van der Waals surface area contributed by atoms with Gasteiger partial charge in [-0.1, -0.05) is 66.7 Å². The van der Waals surface area contributed by atoms with E-state index in [1.807, 2.05) is 25.1 Å². The standard InChI is InChI=1S/C34H38F5NOS/c1-25(19-24-42-23-8-20-33(35,36)34(37,38)39)40-21-22-41-29-17-15-28(16-18-29)32-30-13-6-5-11-27(30)12-7-14-31(32)26-9-3-2-4-10-26/h2-6,9-11,13,15-18,25,40H,7-8,12,14,19-24H2,1H3. The van der Waals surface area contributed by atoms with Crippen LogP contribution in [0.2, 0.25) is 0 Å². The molecule has 0 saturated carbocycles. The Bertz CT molecular complexity index is 1290. The third-order valence-electron chi connectivity index (χ3n) is 7.48. The van der Waals surface area contributed by atoms with Gasteiger partial charge in [-0.05, 0) is 96.1 Å². The highest BCUT2D eigenvalue weighted by molar-refractivity contribution is 7.99. The summed E-state index contributed by atoms with van der Waals surface area (Å²) in [6.07, 6.45) is -2.82. The second-order valence-electron chi connectivity index (χ2n) is 10.7. The monoisotopic (exact) mass is 603 g/mol. The predicted octanol–water partition coefficient (Wildman–Crippen LogP) is 9.44. The largest absolute Gasteiger partial charge is 0.492 e. The summed E-state index contributed by atoms with van der Waals surface area (Å²) < 4.78 is 68.6. The average molecular weight is 604 g/mol. The van der Waals surface area contributed by atoms with Gasteiger partial charge in [-0.3, -0.25) is 0 Å². The minimum Gasteiger partial charge on any atom is -0.492 e. The first-order valence-electron chi connectivity index (χ1n) is 14.5. The Kier molecular flexibility index (Phi) is 11.5. The van der Waals surface area contributed by atoms with E-state index in [1.54, 1.807) is 0 Å². The minimum atomic E-state index is -5.47. The van der Waals surface area contributed by atoms with Crippen molar-refractivity contribution in [2.75, 3.05) is 24.7 Å². The molecule has 0 aromatic heterocycles. The van der Waals surface area contributed by atoms with E-state index in [0.717, 1.165) is 31.4 Å². The summed E-state index contributed by atoms with van der Waals surface area (Å²) in [5.74, 6) is -2.83. The van der Waals surface area contributed by atoms with Crippen molar-refractivity contribution in [2.24, 2.45) is 0 Å². The molecule has 0 bridgehead atoms. The molecule has 0 spiro atoms. The Balaban J connectivity index is 1.25. The lowest BCUT2D eigenvalue weighted by atomic mass is 9.88. The molecule has 2 nitrogen and oxygen atoms in total. The Labute approximate surface area is 249 Å². The number of hydrogen-bond acceptors (Lipinski definition) is 3. The Morgan fingerprint density at radius 1 is 0.833 bits per heavy atom. The van der Waals surface area contributed by atoms with Crippen LogP contribution in [0.3, 0.4) is 0 Å². The molecule has 8 heteroatoms. The fourth-order valence-electron chi connectivity index (χ4n) is 5.18. The molecule has 4 rings (SSSR count). The number of fused-ring (bicyclic) bond motifs is 1. The van der Waals surface area contributed by atoms with Gasteiger partial charge in [-0.25, -0.2) is 0 Å². The Morgan fingerprint density at radius 2 is 1.55 bits per heavy atom. The summed E-state index contributed by atoms with van der Waals surface area (Å²) in [4.78, 5) is 0. The number of hydrogen-bond donors (Lipinski definition) is 1. The van der Waals surface area contributed by atoms with E-state index in [-0.39, 0.29) is 18.2 Å². The topological polar surface area (TPSA) is 21.3 Å². The third-order valence-corrected chi connectivity index (χ3v) is 8.58. The van der Waals surface area contributed by atoms with Gasteiger partial charge in [0.05, 0.1) is 0 Å². The van der Waals surface area contributed by atoms with Gasteiger partial charge in [0.25, 0.3) is 0 Å². The van der Waals surface area contributed by atoms with Gasteiger partial charge in [0, 0.05) is 19.0 Å². The molecule has 1 N–H and O–H groups in total. The van der Waals surface area contributed by atoms with E-state index in [1.165, 1.54) is 45.2 Å². The van der Waals surface area contributed by atoms with Crippen LogP contribution in [0.4, 0.5) is 22.0 Å². The second kappa shape index (κ2) is 15.1. The first kappa shape index (κ1) is 32.1. The van der Waals surface area contributed by atoms with E-state index in [4.69, 9.17) is 4.74 Å². The van der Waals surface area contributed by atoms with E-state index in [9.17, 15) is 22.0 Å². The van der Waals surface area contributed by atoms with Crippen LogP contribution < -0.4 is 10.1 Å². The molecule has 226 valence electrons. The van der Waals surface area contributed by atoms with E-state index < -0.39 is 18.5 Å². The number of rotatable bonds is 14. The van der Waals surface area contributed by atoms with Gasteiger partial charge in [-0.2, -0.15) is 33.7 Å². The molecule has 0 amide bonds. The van der Waals surface area contributed by atoms with Gasteiger partial charge >= 0.3 is 12.1 Å². The summed E-state index contributed by atoms with van der Waals surface area (Å²) >= 11 is 1.40. The third kappa shape index (κ3) is 8.83. The zero-order chi connectivity index (χ0) is 30.0. The van der Waals surface area contributed by atoms with E-state index in [0.29, 0.717) is 18.9 Å². The van der Waals surface area contributed by atoms with Gasteiger partial charge in [0.1, 0.15) is 12.4 Å². The van der Waals surface area contributed by atoms with Crippen molar-refractivity contribution in [1.29, 1.82) is 0 Å². The summed E-state index contributed by atoms with van der Waals surface area (Å²) in [5.41, 5.74) is 7.74. The number of alkyl halides is 5. The SMILES string of the molecule is CC(CCSCCCC(F)(F)C(F)(F)F)NCCOc1ccc(C2=C(c3ccccc3)CCCc3ccccc32)cc1. The van der Waals surface area contributed by atoms with Crippen molar-refractivity contribution in [1.82, 2.24) is 5.32 Å². The van der Waals surface area contributed by atoms with Crippen LogP contribution in [-0.2, 0) is 6.42 Å². The number of ether oxygens (including phenoxy) is 1. The molecular weight excluding hydrogens is 565 g/mol. The smallest absolute Gasteiger partial charge is 0.453 e. The van der Waals surface area contributed by atoms with Crippen molar-refractivity contribution >= 4 is 22.9 Å². The van der Waals surface area contributed by atoms with Gasteiger partial charge in [-0.15, -0.1) is 0 Å². The van der Waals surface area contributed by atoms with Crippen LogP contribution in [0, 0.1) is 0 Å². The van der Waals surface area contributed by atoms with E-state index in [2.05, 4.69) is 66.0 Å². The normalized spacial score (nSPS) is 14.8. The summed E-state index contributed by atoms with van der Waals surface area (Å²) in [7, 11) is 0. The molecule has 0 aliphatic heterocycles. The lowest BCUT2D eigenvalue weighted by molar-refractivity contribution is -0.284. The van der Waals surface area contributed by atoms with Gasteiger partial charge in [0.15, 0.2) is 0 Å². The zero-order valence-electron chi connectivity index (χ0n) is 23.9. The first-order chi connectivity index (χ1) is 20.2. The quantitative estimate of drug-likeness (QED) is 0.147. The maximum absolute atomic E-state index is 13.0. The molecule has 1 aliphatic carbocycles. The molecule has 42 heavy (non-hydrogen) atoms. The molecule has 3 aromatic rings. The minimum absolute atomic E-state index is 0.164. The lowest BCUT2D eigenvalue weighted by Gasteiger charge is -2.19. The molecule has 0 fully saturated rings. The second-order valence-corrected chi connectivity index (χ2v) is 11.9. The van der Waals surface area contributed by atoms with Crippen LogP contribution in [0.15, 0.2) is 78.9 Å². The van der Waals surface area contributed by atoms with Gasteiger partial charge in [0.2, 0.25) is 0 Å². The van der Waals surface area contributed by atoms with Crippen molar-refractivity contribution in [3.63, 3.8) is 0 Å². The highest BCUT2D eigenvalue weighted by Gasteiger charge is 2.56. The van der Waals surface area contributed by atoms with Crippen LogP contribution in [-0.4, -0.2) is 42.8 Å². The average Bonchev–Trinajstić information content (AvgIpc) is 3.17. The van der Waals surface area contributed by atoms with Crippen LogP contribution in [0.5, 0.6) is 5.75 Å². The van der Waals surface area contributed by atoms with Crippen molar-refractivity contribution < 1.29 is 26.7 Å². The Morgan fingerprint density at radius 3 is 2.29 bits per heavy atom. The molecule has 1 unspecified atom stereocenters. The lowest BCUT2D eigenvalue weighted by Crippen LogP contribution is -2.36. The number of thioether (sulfide) groups is 1. The fraction of sp³-hybridized carbons (Fsp3) is 0.412. The number of halogens is 5. The van der Waals surface area contributed by atoms with Crippen molar-refractivity contribution in [3.05, 3.63) is 101 Å². The van der Waals surface area contributed by atoms with Gasteiger partial charge < -0.3 is 10.1 Å². The van der Waals surface area contributed by atoms with Crippen LogP contribution in [0.1, 0.15) is 61.3 Å². The molecule has 1 atom stereocenters. The summed E-state index contributed by atoms with van der Waals surface area (Å²) in [6, 6.07) is 27.8. The van der Waals surface area contributed by atoms with Crippen LogP contribution in [0.25, 0.3) is 11.1 Å². The highest BCUT2D eigenvalue weighted by atomic mass is 32.2. The molecule has 0 heterocycles. The number of aryl methyl sites for hydroxylation is 1. The van der Waals surface area contributed by atoms with Crippen molar-refractivity contribution in [3.8, 4) is 5.75 Å². The molecule has 0 saturated heterocycles. The fourth-order valence-corrected chi connectivity index (χ4v) is 6.25. The van der Waals surface area contributed by atoms with Crippen molar-refractivity contribution in [2.45, 2.75) is 63.6 Å². The van der Waals surface area contributed by atoms with Crippen LogP contribution >= 0.6 is 11.8 Å². The van der Waals surface area contributed by atoms with E-state index >= 15 is 0 Å². The maximum Gasteiger partial charge on any atom is 0.453 e. The molecule has 1 aliphatic rings. The number of allylic oxidation sites excluding steroid dienone is 1. The molecular formula is C34H38F5NOS. The number of benzene rings is 3. The molecule has 0 radical (unpaired) electrons.